The number of benzene rings is 2. The minimum atomic E-state index is -0.734. The highest BCUT2D eigenvalue weighted by Gasteiger charge is 2.51. The van der Waals surface area contributed by atoms with Gasteiger partial charge in [-0.1, -0.05) is 24.3 Å². The molecule has 0 spiro atoms. The summed E-state index contributed by atoms with van der Waals surface area (Å²) in [5, 5.41) is 11.3. The molecule has 3 atom stereocenters. The second-order valence-electron chi connectivity index (χ2n) is 7.33. The number of hydrogen-bond acceptors (Lipinski definition) is 6. The van der Waals surface area contributed by atoms with E-state index in [1.807, 2.05) is 55.5 Å². The van der Waals surface area contributed by atoms with Crippen LogP contribution in [0, 0.1) is 0 Å². The van der Waals surface area contributed by atoms with Crippen molar-refractivity contribution in [2.45, 2.75) is 30.9 Å². The van der Waals surface area contributed by atoms with Crippen LogP contribution in [0.2, 0.25) is 0 Å². The summed E-state index contributed by atoms with van der Waals surface area (Å²) >= 11 is 0. The van der Waals surface area contributed by atoms with Crippen molar-refractivity contribution in [2.24, 2.45) is 0 Å². The maximum Gasteiger partial charge on any atom is 0.247 e. The van der Waals surface area contributed by atoms with E-state index in [1.54, 1.807) is 7.11 Å². The highest BCUT2D eigenvalue weighted by molar-refractivity contribution is 5.86. The van der Waals surface area contributed by atoms with E-state index >= 15 is 0 Å². The van der Waals surface area contributed by atoms with Gasteiger partial charge in [-0.05, 0) is 36.8 Å². The number of para-hydroxylation sites is 1. The number of methoxy groups -OCH3 is 1. The highest BCUT2D eigenvalue weighted by atomic mass is 16.5. The normalized spacial score (nSPS) is 25.4. The van der Waals surface area contributed by atoms with E-state index in [0.29, 0.717) is 24.0 Å². The van der Waals surface area contributed by atoms with Crippen LogP contribution in [-0.2, 0) is 4.79 Å². The fraction of sp³-hybridized carbons (Fsp3) is 0.286. The molecule has 28 heavy (non-hydrogen) atoms. The molecule has 2 aromatic carbocycles. The second kappa shape index (κ2) is 6.09. The Morgan fingerprint density at radius 1 is 1.18 bits per heavy atom. The summed E-state index contributed by atoms with van der Waals surface area (Å²) in [6.45, 7) is 1.89. The standard InChI is InChI=1S/C21H19N3O4/c1-21-11-15(14-8-3-4-9-16(14)28-21)17(18(25)22-21)20-24-23-19(27-20)12-6-5-7-13(10-12)26-2/h3-10,15,17H,11H2,1-2H3,(H,22,25)/t15-,17-,21-/m0/s1. The summed E-state index contributed by atoms with van der Waals surface area (Å²) in [5.74, 6) is 1.30. The zero-order valence-electron chi connectivity index (χ0n) is 15.5. The van der Waals surface area contributed by atoms with Crippen LogP contribution < -0.4 is 14.8 Å². The maximum atomic E-state index is 12.9. The van der Waals surface area contributed by atoms with Gasteiger partial charge >= 0.3 is 0 Å². The highest BCUT2D eigenvalue weighted by Crippen LogP contribution is 2.49. The van der Waals surface area contributed by atoms with E-state index in [-0.39, 0.29) is 11.8 Å². The summed E-state index contributed by atoms with van der Waals surface area (Å²) in [5.41, 5.74) is 0.995. The fourth-order valence-corrected chi connectivity index (χ4v) is 4.11. The molecule has 1 aromatic heterocycles. The maximum absolute atomic E-state index is 12.9. The smallest absolute Gasteiger partial charge is 0.247 e. The van der Waals surface area contributed by atoms with Crippen LogP contribution in [0.3, 0.4) is 0 Å². The molecule has 2 aliphatic rings. The Morgan fingerprint density at radius 2 is 2.04 bits per heavy atom. The lowest BCUT2D eigenvalue weighted by atomic mass is 9.75. The van der Waals surface area contributed by atoms with Crippen molar-refractivity contribution in [1.29, 1.82) is 0 Å². The Balaban J connectivity index is 1.55. The van der Waals surface area contributed by atoms with Gasteiger partial charge in [0.2, 0.25) is 17.7 Å². The first-order valence-corrected chi connectivity index (χ1v) is 9.14. The predicted molar refractivity (Wildman–Crippen MR) is 100 cm³/mol. The van der Waals surface area contributed by atoms with Crippen molar-refractivity contribution < 1.29 is 18.7 Å². The van der Waals surface area contributed by atoms with Crippen molar-refractivity contribution in [2.75, 3.05) is 7.11 Å². The van der Waals surface area contributed by atoms with Gasteiger partial charge in [0.1, 0.15) is 17.4 Å². The number of hydrogen-bond donors (Lipinski definition) is 1. The molecule has 1 fully saturated rings. The van der Waals surface area contributed by atoms with Gasteiger partial charge in [0, 0.05) is 17.9 Å². The Bertz CT molecular complexity index is 1060. The van der Waals surface area contributed by atoms with Gasteiger partial charge in [-0.3, -0.25) is 4.79 Å². The molecular weight excluding hydrogens is 358 g/mol. The van der Waals surface area contributed by atoms with Crippen molar-refractivity contribution in [3.8, 4) is 23.0 Å². The Labute approximate surface area is 161 Å². The molecule has 3 heterocycles. The topological polar surface area (TPSA) is 86.5 Å². The molecule has 0 unspecified atom stereocenters. The van der Waals surface area contributed by atoms with Crippen LogP contribution in [0.4, 0.5) is 0 Å². The monoisotopic (exact) mass is 377 g/mol. The van der Waals surface area contributed by atoms with Gasteiger partial charge in [0.15, 0.2) is 5.72 Å². The minimum absolute atomic E-state index is 0.0951. The summed E-state index contributed by atoms with van der Waals surface area (Å²) in [4.78, 5) is 12.9. The number of carbonyl (C=O) groups is 1. The number of piperidine rings is 1. The van der Waals surface area contributed by atoms with Crippen molar-refractivity contribution in [3.63, 3.8) is 0 Å². The summed E-state index contributed by atoms with van der Waals surface area (Å²) in [7, 11) is 1.60. The third kappa shape index (κ3) is 2.62. The van der Waals surface area contributed by atoms with Crippen LogP contribution in [0.15, 0.2) is 52.9 Å². The van der Waals surface area contributed by atoms with Crippen molar-refractivity contribution in [3.05, 3.63) is 60.0 Å². The quantitative estimate of drug-likeness (QED) is 0.754. The van der Waals surface area contributed by atoms with Gasteiger partial charge in [-0.25, -0.2) is 0 Å². The molecular formula is C21H19N3O4. The van der Waals surface area contributed by atoms with Gasteiger partial charge < -0.3 is 19.2 Å². The molecule has 0 aliphatic carbocycles. The number of carbonyl (C=O) groups excluding carboxylic acids is 1. The van der Waals surface area contributed by atoms with Gasteiger partial charge in [0.05, 0.1) is 7.11 Å². The average Bonchev–Trinajstić information content (AvgIpc) is 3.17. The fourth-order valence-electron chi connectivity index (χ4n) is 4.11. The van der Waals surface area contributed by atoms with Crippen LogP contribution >= 0.6 is 0 Å². The molecule has 7 nitrogen and oxygen atoms in total. The number of nitrogens with zero attached hydrogens (tertiary/aromatic N) is 2. The molecule has 7 heteroatoms. The molecule has 3 aromatic rings. The summed E-state index contributed by atoms with van der Waals surface area (Å²) in [6, 6.07) is 15.2. The number of rotatable bonds is 3. The van der Waals surface area contributed by atoms with E-state index in [0.717, 1.165) is 16.9 Å². The lowest BCUT2D eigenvalue weighted by Crippen LogP contribution is -2.59. The van der Waals surface area contributed by atoms with Gasteiger partial charge in [-0.2, -0.15) is 0 Å². The average molecular weight is 377 g/mol. The van der Waals surface area contributed by atoms with E-state index in [9.17, 15) is 4.79 Å². The van der Waals surface area contributed by atoms with Crippen molar-refractivity contribution in [1.82, 2.24) is 15.5 Å². The molecule has 1 N–H and O–H groups in total. The van der Waals surface area contributed by atoms with E-state index < -0.39 is 11.6 Å². The number of ether oxygens (including phenoxy) is 2. The SMILES string of the molecule is COc1cccc(-c2nnc([C@@H]3C(=O)N[C@]4(C)C[C@H]3c3ccccc3O4)o2)c1. The van der Waals surface area contributed by atoms with Gasteiger partial charge in [-0.15, -0.1) is 10.2 Å². The number of nitrogens with one attached hydrogen (secondary N) is 1. The number of aromatic nitrogens is 2. The number of fused-ring (bicyclic) bond motifs is 4. The molecule has 1 amide bonds. The van der Waals surface area contributed by atoms with E-state index in [2.05, 4.69) is 15.5 Å². The largest absolute Gasteiger partial charge is 0.497 e. The first-order chi connectivity index (χ1) is 13.6. The molecule has 142 valence electrons. The molecule has 0 radical (unpaired) electrons. The zero-order valence-corrected chi connectivity index (χ0v) is 15.5. The molecule has 2 aliphatic heterocycles. The van der Waals surface area contributed by atoms with Gasteiger partial charge in [0.25, 0.3) is 0 Å². The zero-order chi connectivity index (χ0) is 19.3. The van der Waals surface area contributed by atoms with Crippen molar-refractivity contribution >= 4 is 5.91 Å². The Kier molecular flexibility index (Phi) is 3.65. The molecule has 1 saturated heterocycles. The van der Waals surface area contributed by atoms with Crippen LogP contribution in [0.1, 0.15) is 36.6 Å². The lowest BCUT2D eigenvalue weighted by molar-refractivity contribution is -0.136. The van der Waals surface area contributed by atoms with Crippen LogP contribution in [0.25, 0.3) is 11.5 Å². The first-order valence-electron chi connectivity index (χ1n) is 9.14. The first kappa shape index (κ1) is 16.8. The van der Waals surface area contributed by atoms with Crippen LogP contribution in [0.5, 0.6) is 11.5 Å². The molecule has 0 saturated carbocycles. The summed E-state index contributed by atoms with van der Waals surface area (Å²) in [6.07, 6.45) is 0.636. The summed E-state index contributed by atoms with van der Waals surface area (Å²) < 4.78 is 17.2. The third-order valence-electron chi connectivity index (χ3n) is 5.36. The Morgan fingerprint density at radius 3 is 2.89 bits per heavy atom. The van der Waals surface area contributed by atoms with Crippen LogP contribution in [-0.4, -0.2) is 28.9 Å². The number of amides is 1. The molecule has 5 rings (SSSR count). The third-order valence-corrected chi connectivity index (χ3v) is 5.36. The Hall–Kier alpha value is -3.35. The predicted octanol–water partition coefficient (Wildman–Crippen LogP) is 3.24. The molecule has 2 bridgehead atoms. The minimum Gasteiger partial charge on any atom is -0.497 e. The van der Waals surface area contributed by atoms with E-state index in [1.165, 1.54) is 0 Å². The second-order valence-corrected chi connectivity index (χ2v) is 7.33. The van der Waals surface area contributed by atoms with E-state index in [4.69, 9.17) is 13.9 Å². The lowest BCUT2D eigenvalue weighted by Gasteiger charge is -2.46.